The van der Waals surface area contributed by atoms with Crippen LogP contribution >= 0.6 is 0 Å². The fourth-order valence-electron chi connectivity index (χ4n) is 3.36. The lowest BCUT2D eigenvalue weighted by Gasteiger charge is -2.26. The molecular weight excluding hydrogens is 300 g/mol. The summed E-state index contributed by atoms with van der Waals surface area (Å²) in [6.07, 6.45) is 3.05. The molecule has 0 radical (unpaired) electrons. The lowest BCUT2D eigenvalue weighted by molar-refractivity contribution is -0.134. The van der Waals surface area contributed by atoms with Crippen LogP contribution in [0.15, 0.2) is 35.9 Å². The second-order valence-corrected chi connectivity index (χ2v) is 6.49. The van der Waals surface area contributed by atoms with Gasteiger partial charge in [0.2, 0.25) is 5.91 Å². The van der Waals surface area contributed by atoms with E-state index in [1.807, 2.05) is 42.2 Å². The zero-order chi connectivity index (χ0) is 17.6. The van der Waals surface area contributed by atoms with Gasteiger partial charge in [-0.3, -0.25) is 4.79 Å². The minimum atomic E-state index is -0.492. The molecule has 1 heterocycles. The van der Waals surface area contributed by atoms with Gasteiger partial charge in [0.15, 0.2) is 0 Å². The van der Waals surface area contributed by atoms with Crippen LogP contribution in [0.1, 0.15) is 45.1 Å². The number of unbranched alkanes of at least 4 members (excludes halogenated alkanes) is 2. The average molecular weight is 326 g/mol. The highest BCUT2D eigenvalue weighted by atomic mass is 16.5. The first-order chi connectivity index (χ1) is 11.6. The first-order valence-corrected chi connectivity index (χ1v) is 8.51. The van der Waals surface area contributed by atoms with E-state index in [1.165, 1.54) is 0 Å². The van der Waals surface area contributed by atoms with Crippen LogP contribution in [0, 0.1) is 16.7 Å². The van der Waals surface area contributed by atoms with Crippen LogP contribution in [0.4, 0.5) is 0 Å². The maximum Gasteiger partial charge on any atom is 0.237 e. The van der Waals surface area contributed by atoms with Gasteiger partial charge in [-0.05, 0) is 37.8 Å². The van der Waals surface area contributed by atoms with Crippen LogP contribution in [0.3, 0.4) is 0 Å². The number of carbonyl (C=O) groups excluding carboxylic acids is 1. The Morgan fingerprint density at radius 1 is 1.25 bits per heavy atom. The minimum Gasteiger partial charge on any atom is -0.383 e. The van der Waals surface area contributed by atoms with Gasteiger partial charge >= 0.3 is 0 Å². The molecule has 128 valence electrons. The molecule has 0 spiro atoms. The molecule has 0 bridgehead atoms. The third-order valence-corrected chi connectivity index (χ3v) is 4.95. The third-order valence-electron chi connectivity index (χ3n) is 4.95. The Morgan fingerprint density at radius 3 is 2.58 bits per heavy atom. The van der Waals surface area contributed by atoms with Crippen LogP contribution in [-0.2, 0) is 9.53 Å². The maximum absolute atomic E-state index is 13.2. The molecule has 0 saturated carbocycles. The lowest BCUT2D eigenvalue weighted by Crippen LogP contribution is -2.36. The van der Waals surface area contributed by atoms with Gasteiger partial charge in [-0.1, -0.05) is 36.8 Å². The zero-order valence-corrected chi connectivity index (χ0v) is 14.8. The highest BCUT2D eigenvalue weighted by Gasteiger charge is 2.46. The summed E-state index contributed by atoms with van der Waals surface area (Å²) in [6, 6.07) is 12.3. The van der Waals surface area contributed by atoms with Gasteiger partial charge in [0.25, 0.3) is 0 Å². The largest absolute Gasteiger partial charge is 0.383 e. The smallest absolute Gasteiger partial charge is 0.237 e. The van der Waals surface area contributed by atoms with Gasteiger partial charge in [-0.2, -0.15) is 5.26 Å². The van der Waals surface area contributed by atoms with E-state index in [4.69, 9.17) is 10.00 Å². The van der Waals surface area contributed by atoms with Crippen LogP contribution < -0.4 is 0 Å². The molecule has 24 heavy (non-hydrogen) atoms. The summed E-state index contributed by atoms with van der Waals surface area (Å²) in [4.78, 5) is 15.0. The van der Waals surface area contributed by atoms with Crippen molar-refractivity contribution in [2.24, 2.45) is 5.41 Å². The van der Waals surface area contributed by atoms with E-state index >= 15 is 0 Å². The van der Waals surface area contributed by atoms with Gasteiger partial charge in [-0.15, -0.1) is 0 Å². The maximum atomic E-state index is 13.2. The van der Waals surface area contributed by atoms with Crippen molar-refractivity contribution >= 4 is 11.6 Å². The Morgan fingerprint density at radius 2 is 1.96 bits per heavy atom. The van der Waals surface area contributed by atoms with Crippen molar-refractivity contribution in [3.05, 3.63) is 41.5 Å². The first kappa shape index (κ1) is 18.2. The summed E-state index contributed by atoms with van der Waals surface area (Å²) in [7, 11) is 1.65. The molecular formula is C20H26N2O2. The molecule has 0 N–H and O–H groups in total. The van der Waals surface area contributed by atoms with Crippen molar-refractivity contribution in [1.29, 1.82) is 5.26 Å². The summed E-state index contributed by atoms with van der Waals surface area (Å²) in [5.74, 6) is 0.146. The Labute approximate surface area is 144 Å². The summed E-state index contributed by atoms with van der Waals surface area (Å²) in [6.45, 7) is 5.18. The number of carbonyl (C=O) groups is 1. The number of ether oxygens (including phenoxy) is 1. The van der Waals surface area contributed by atoms with E-state index < -0.39 is 5.41 Å². The number of hydrogen-bond donors (Lipinski definition) is 0. The van der Waals surface area contributed by atoms with E-state index in [0.717, 1.165) is 36.1 Å². The van der Waals surface area contributed by atoms with Gasteiger partial charge in [-0.25, -0.2) is 0 Å². The molecule has 4 heteroatoms. The predicted molar refractivity (Wildman–Crippen MR) is 94.8 cm³/mol. The van der Waals surface area contributed by atoms with Crippen molar-refractivity contribution in [2.75, 3.05) is 20.3 Å². The highest BCUT2D eigenvalue weighted by molar-refractivity contribution is 6.00. The molecule has 1 amide bonds. The van der Waals surface area contributed by atoms with E-state index in [0.29, 0.717) is 19.6 Å². The average Bonchev–Trinajstić information content (AvgIpc) is 2.79. The second-order valence-electron chi connectivity index (χ2n) is 6.49. The van der Waals surface area contributed by atoms with E-state index in [9.17, 15) is 4.79 Å². The fourth-order valence-corrected chi connectivity index (χ4v) is 3.36. The summed E-state index contributed by atoms with van der Waals surface area (Å²) in [5, 5.41) is 8.71. The predicted octanol–water partition coefficient (Wildman–Crippen LogP) is 4.00. The van der Waals surface area contributed by atoms with Gasteiger partial charge in [0.05, 0.1) is 23.8 Å². The Hall–Kier alpha value is -2.12. The summed E-state index contributed by atoms with van der Waals surface area (Å²) >= 11 is 0. The molecule has 0 fully saturated rings. The molecule has 0 aliphatic carbocycles. The molecule has 1 aliphatic heterocycles. The van der Waals surface area contributed by atoms with Gasteiger partial charge in [0, 0.05) is 20.1 Å². The number of amides is 1. The Bertz CT molecular complexity index is 645. The van der Waals surface area contributed by atoms with Gasteiger partial charge < -0.3 is 9.64 Å². The Kier molecular flexibility index (Phi) is 6.16. The lowest BCUT2D eigenvalue weighted by atomic mass is 9.78. The minimum absolute atomic E-state index is 0.146. The Balaban J connectivity index is 2.34. The number of methoxy groups -OCH3 is 1. The molecule has 1 aromatic carbocycles. The van der Waals surface area contributed by atoms with Crippen LogP contribution in [0.5, 0.6) is 0 Å². The monoisotopic (exact) mass is 326 g/mol. The van der Waals surface area contributed by atoms with Crippen molar-refractivity contribution in [3.8, 4) is 6.07 Å². The van der Waals surface area contributed by atoms with Crippen LogP contribution in [0.25, 0.3) is 5.70 Å². The van der Waals surface area contributed by atoms with Crippen LogP contribution in [0.2, 0.25) is 0 Å². The van der Waals surface area contributed by atoms with Gasteiger partial charge in [0.1, 0.15) is 0 Å². The number of nitrogens with zero attached hydrogens (tertiary/aromatic N) is 2. The summed E-state index contributed by atoms with van der Waals surface area (Å²) in [5.41, 5.74) is 2.71. The van der Waals surface area contributed by atoms with E-state index in [1.54, 1.807) is 7.11 Å². The van der Waals surface area contributed by atoms with Crippen LogP contribution in [-0.4, -0.2) is 31.1 Å². The highest BCUT2D eigenvalue weighted by Crippen LogP contribution is 2.46. The number of hydrogen-bond acceptors (Lipinski definition) is 3. The molecule has 0 aromatic heterocycles. The van der Waals surface area contributed by atoms with E-state index in [-0.39, 0.29) is 5.91 Å². The molecule has 0 saturated heterocycles. The standard InChI is InChI=1S/C20H26N2O2/c1-16-18(17-10-6-4-7-11-17)22(14-15-24-3)19(23)20(16,2)12-8-5-9-13-21/h4,6-7,10-11H,5,8-9,12,14-15H2,1-3H3. The zero-order valence-electron chi connectivity index (χ0n) is 14.8. The third kappa shape index (κ3) is 3.52. The fraction of sp³-hybridized carbons (Fsp3) is 0.500. The van der Waals surface area contributed by atoms with Crippen molar-refractivity contribution in [2.45, 2.75) is 39.5 Å². The first-order valence-electron chi connectivity index (χ1n) is 8.51. The summed E-state index contributed by atoms with van der Waals surface area (Å²) < 4.78 is 5.20. The number of rotatable bonds is 8. The molecule has 1 atom stereocenters. The molecule has 2 rings (SSSR count). The SMILES string of the molecule is COCCN1C(=O)C(C)(CCCCC#N)C(C)=C1c1ccccc1. The number of nitriles is 1. The number of benzene rings is 1. The van der Waals surface area contributed by atoms with Crippen molar-refractivity contribution in [1.82, 2.24) is 4.90 Å². The normalized spacial score (nSPS) is 20.6. The second kappa shape index (κ2) is 8.12. The molecule has 1 unspecified atom stereocenters. The van der Waals surface area contributed by atoms with Crippen molar-refractivity contribution in [3.63, 3.8) is 0 Å². The topological polar surface area (TPSA) is 53.3 Å². The van der Waals surface area contributed by atoms with Crippen molar-refractivity contribution < 1.29 is 9.53 Å². The molecule has 1 aliphatic rings. The molecule has 1 aromatic rings. The molecule has 4 nitrogen and oxygen atoms in total. The quantitative estimate of drug-likeness (QED) is 0.679. The van der Waals surface area contributed by atoms with E-state index in [2.05, 4.69) is 13.0 Å².